The van der Waals surface area contributed by atoms with E-state index in [1.54, 1.807) is 12.3 Å². The van der Waals surface area contributed by atoms with Gasteiger partial charge in [0.2, 0.25) is 0 Å². The first-order chi connectivity index (χ1) is 12.2. The molecule has 0 N–H and O–H groups in total. The van der Waals surface area contributed by atoms with E-state index in [-0.39, 0.29) is 17.2 Å². The van der Waals surface area contributed by atoms with Crippen molar-refractivity contribution in [1.82, 2.24) is 19.8 Å². The molecule has 1 unspecified atom stereocenters. The van der Waals surface area contributed by atoms with Crippen LogP contribution in [0.3, 0.4) is 0 Å². The van der Waals surface area contributed by atoms with Gasteiger partial charge in [0.1, 0.15) is 12.0 Å². The lowest BCUT2D eigenvalue weighted by Gasteiger charge is -2.40. The van der Waals surface area contributed by atoms with E-state index >= 15 is 0 Å². The number of rotatable bonds is 2. The topological polar surface area (TPSA) is 79.5 Å². The number of aromatic nitrogens is 2. The minimum Gasteiger partial charge on any atom is -0.472 e. The van der Waals surface area contributed by atoms with Gasteiger partial charge < -0.3 is 14.2 Å². The minimum atomic E-state index is -0.0770. The number of piperidine rings is 1. The maximum Gasteiger partial charge on any atom is 0.274 e. The van der Waals surface area contributed by atoms with E-state index in [4.69, 9.17) is 4.42 Å². The van der Waals surface area contributed by atoms with Gasteiger partial charge in [0, 0.05) is 44.0 Å². The Morgan fingerprint density at radius 1 is 1.08 bits per heavy atom. The normalized spacial score (nSPS) is 23.2. The molecule has 1 spiro atoms. The van der Waals surface area contributed by atoms with Gasteiger partial charge in [-0.1, -0.05) is 0 Å². The summed E-state index contributed by atoms with van der Waals surface area (Å²) in [7, 11) is 0. The third-order valence-electron chi connectivity index (χ3n) is 5.22. The fourth-order valence-corrected chi connectivity index (χ4v) is 3.96. The van der Waals surface area contributed by atoms with Crippen LogP contribution >= 0.6 is 0 Å². The largest absolute Gasteiger partial charge is 0.472 e. The summed E-state index contributed by atoms with van der Waals surface area (Å²) in [6, 6.07) is 1.69. The van der Waals surface area contributed by atoms with Crippen molar-refractivity contribution >= 4 is 11.8 Å². The standard InChI is InChI=1S/C18H20N4O3/c23-16(14-2-9-25-11-14)22-8-4-18(13-22)3-1-7-21(12-18)17(24)15-10-19-5-6-20-15/h2,5-6,9-11H,1,3-4,7-8,12-13H2. The molecule has 0 saturated carbocycles. The Bertz CT molecular complexity index is 762. The van der Waals surface area contributed by atoms with E-state index in [0.717, 1.165) is 32.4 Å². The summed E-state index contributed by atoms with van der Waals surface area (Å²) in [6.45, 7) is 2.79. The van der Waals surface area contributed by atoms with Gasteiger partial charge in [0.25, 0.3) is 11.8 Å². The quantitative estimate of drug-likeness (QED) is 0.833. The van der Waals surface area contributed by atoms with Crippen LogP contribution in [0.2, 0.25) is 0 Å². The zero-order chi connectivity index (χ0) is 17.3. The Balaban J connectivity index is 1.46. The first-order valence-corrected chi connectivity index (χ1v) is 8.54. The van der Waals surface area contributed by atoms with Crippen molar-refractivity contribution < 1.29 is 14.0 Å². The predicted molar refractivity (Wildman–Crippen MR) is 88.8 cm³/mol. The predicted octanol–water partition coefficient (Wildman–Crippen LogP) is 1.84. The van der Waals surface area contributed by atoms with Crippen LogP contribution in [0.4, 0.5) is 0 Å². The first-order valence-electron chi connectivity index (χ1n) is 8.54. The lowest BCUT2D eigenvalue weighted by molar-refractivity contribution is 0.0510. The monoisotopic (exact) mass is 340 g/mol. The Kier molecular flexibility index (Phi) is 3.99. The van der Waals surface area contributed by atoms with Gasteiger partial charge in [-0.25, -0.2) is 4.98 Å². The van der Waals surface area contributed by atoms with Crippen molar-refractivity contribution in [2.75, 3.05) is 26.2 Å². The SMILES string of the molecule is O=C(c1ccoc1)N1CCC2(CCCN(C(=O)c3cnccn3)C2)C1. The van der Waals surface area contributed by atoms with Crippen LogP contribution in [0.25, 0.3) is 0 Å². The molecule has 2 aromatic heterocycles. The van der Waals surface area contributed by atoms with E-state index in [1.807, 2.05) is 9.80 Å². The molecule has 0 bridgehead atoms. The molecule has 7 nitrogen and oxygen atoms in total. The summed E-state index contributed by atoms with van der Waals surface area (Å²) in [5.41, 5.74) is 0.944. The molecule has 4 rings (SSSR count). The molecule has 25 heavy (non-hydrogen) atoms. The number of furan rings is 1. The highest BCUT2D eigenvalue weighted by Crippen LogP contribution is 2.39. The van der Waals surface area contributed by atoms with Gasteiger partial charge in [-0.3, -0.25) is 14.6 Å². The molecule has 130 valence electrons. The summed E-state index contributed by atoms with van der Waals surface area (Å²) in [5.74, 6) is -0.0743. The van der Waals surface area contributed by atoms with Crippen LogP contribution in [0, 0.1) is 5.41 Å². The Morgan fingerprint density at radius 3 is 2.64 bits per heavy atom. The maximum atomic E-state index is 12.7. The molecule has 2 amide bonds. The van der Waals surface area contributed by atoms with Gasteiger partial charge in [-0.05, 0) is 25.3 Å². The number of likely N-dealkylation sites (tertiary alicyclic amines) is 2. The summed E-state index contributed by atoms with van der Waals surface area (Å²) in [5, 5.41) is 0. The number of amides is 2. The van der Waals surface area contributed by atoms with E-state index in [2.05, 4.69) is 9.97 Å². The molecule has 7 heteroatoms. The second-order valence-corrected chi connectivity index (χ2v) is 6.91. The summed E-state index contributed by atoms with van der Waals surface area (Å²) in [4.78, 5) is 37.0. The molecule has 2 aliphatic heterocycles. The fraction of sp³-hybridized carbons (Fsp3) is 0.444. The molecule has 4 heterocycles. The lowest BCUT2D eigenvalue weighted by Crippen LogP contribution is -2.47. The molecule has 0 radical (unpaired) electrons. The molecule has 1 atom stereocenters. The first kappa shape index (κ1) is 15.8. The van der Waals surface area contributed by atoms with Crippen molar-refractivity contribution in [3.63, 3.8) is 0 Å². The number of carbonyl (C=O) groups is 2. The van der Waals surface area contributed by atoms with Crippen LogP contribution in [-0.2, 0) is 0 Å². The minimum absolute atomic E-state index is 0.00278. The van der Waals surface area contributed by atoms with Crippen LogP contribution < -0.4 is 0 Å². The van der Waals surface area contributed by atoms with E-state index in [1.165, 1.54) is 24.9 Å². The van der Waals surface area contributed by atoms with E-state index in [9.17, 15) is 9.59 Å². The molecule has 2 aromatic rings. The number of carbonyl (C=O) groups excluding carboxylic acids is 2. The zero-order valence-electron chi connectivity index (χ0n) is 13.9. The smallest absolute Gasteiger partial charge is 0.274 e. The Labute approximate surface area is 145 Å². The number of hydrogen-bond donors (Lipinski definition) is 0. The molecule has 2 aliphatic rings. The highest BCUT2D eigenvalue weighted by Gasteiger charge is 2.44. The Morgan fingerprint density at radius 2 is 1.92 bits per heavy atom. The highest BCUT2D eigenvalue weighted by molar-refractivity contribution is 5.94. The van der Waals surface area contributed by atoms with E-state index < -0.39 is 0 Å². The summed E-state index contributed by atoms with van der Waals surface area (Å²) < 4.78 is 5.02. The van der Waals surface area contributed by atoms with E-state index in [0.29, 0.717) is 24.3 Å². The second kappa shape index (κ2) is 6.31. The molecular formula is C18H20N4O3. The average Bonchev–Trinajstić information content (AvgIpc) is 3.32. The lowest BCUT2D eigenvalue weighted by atomic mass is 9.79. The van der Waals surface area contributed by atoms with Crippen LogP contribution in [-0.4, -0.2) is 57.8 Å². The van der Waals surface area contributed by atoms with Crippen molar-refractivity contribution in [3.8, 4) is 0 Å². The third kappa shape index (κ3) is 3.01. The van der Waals surface area contributed by atoms with Gasteiger partial charge in [0.05, 0.1) is 18.0 Å². The molecular weight excluding hydrogens is 320 g/mol. The molecule has 2 fully saturated rings. The summed E-state index contributed by atoms with van der Waals surface area (Å²) >= 11 is 0. The highest BCUT2D eigenvalue weighted by atomic mass is 16.3. The third-order valence-corrected chi connectivity index (χ3v) is 5.22. The summed E-state index contributed by atoms with van der Waals surface area (Å²) in [6.07, 6.45) is 10.5. The van der Waals surface area contributed by atoms with Crippen LogP contribution in [0.15, 0.2) is 41.6 Å². The van der Waals surface area contributed by atoms with Crippen molar-refractivity contribution in [3.05, 3.63) is 48.4 Å². The van der Waals surface area contributed by atoms with Crippen molar-refractivity contribution in [1.29, 1.82) is 0 Å². The Hall–Kier alpha value is -2.70. The number of hydrogen-bond acceptors (Lipinski definition) is 5. The fourth-order valence-electron chi connectivity index (χ4n) is 3.96. The molecule has 2 saturated heterocycles. The number of nitrogens with zero attached hydrogens (tertiary/aromatic N) is 4. The zero-order valence-corrected chi connectivity index (χ0v) is 13.9. The van der Waals surface area contributed by atoms with Crippen LogP contribution in [0.1, 0.15) is 40.1 Å². The van der Waals surface area contributed by atoms with Crippen molar-refractivity contribution in [2.45, 2.75) is 19.3 Å². The molecule has 0 aliphatic carbocycles. The maximum absolute atomic E-state index is 12.7. The van der Waals surface area contributed by atoms with Gasteiger partial charge in [-0.15, -0.1) is 0 Å². The second-order valence-electron chi connectivity index (χ2n) is 6.91. The average molecular weight is 340 g/mol. The van der Waals surface area contributed by atoms with Crippen molar-refractivity contribution in [2.24, 2.45) is 5.41 Å². The van der Waals surface area contributed by atoms with Gasteiger partial charge >= 0.3 is 0 Å². The van der Waals surface area contributed by atoms with Crippen LogP contribution in [0.5, 0.6) is 0 Å². The van der Waals surface area contributed by atoms with Gasteiger partial charge in [0.15, 0.2) is 0 Å². The molecule has 0 aromatic carbocycles. The van der Waals surface area contributed by atoms with Gasteiger partial charge in [-0.2, -0.15) is 0 Å².